The van der Waals surface area contributed by atoms with E-state index >= 15 is 0 Å². The van der Waals surface area contributed by atoms with E-state index in [0.717, 1.165) is 12.8 Å². The van der Waals surface area contributed by atoms with Crippen LogP contribution in [0.2, 0.25) is 0 Å². The number of benzene rings is 1. The van der Waals surface area contributed by atoms with Gasteiger partial charge in [-0.25, -0.2) is 0 Å². The number of carbonyl (C=O) groups excluding carboxylic acids is 3. The van der Waals surface area contributed by atoms with Crippen LogP contribution in [0.3, 0.4) is 0 Å². The fourth-order valence-corrected chi connectivity index (χ4v) is 3.44. The zero-order valence-corrected chi connectivity index (χ0v) is 15.1. The Morgan fingerprint density at radius 1 is 1.26 bits per heavy atom. The zero-order valence-electron chi connectivity index (χ0n) is 15.1. The Morgan fingerprint density at radius 3 is 2.63 bits per heavy atom. The highest BCUT2D eigenvalue weighted by atomic mass is 16.5. The molecule has 1 fully saturated rings. The van der Waals surface area contributed by atoms with Crippen LogP contribution in [-0.2, 0) is 9.53 Å². The quantitative estimate of drug-likeness (QED) is 0.699. The summed E-state index contributed by atoms with van der Waals surface area (Å²) < 4.78 is 5.27. The maximum atomic E-state index is 12.7. The molecule has 1 aromatic carbocycles. The SMILES string of the molecule is CCCCN1C(=O)c2ccc(C(=O)NC3(CC(=O)O)CCOC3)cc2C1=O. The van der Waals surface area contributed by atoms with Crippen molar-refractivity contribution in [2.75, 3.05) is 19.8 Å². The molecule has 0 aliphatic carbocycles. The highest BCUT2D eigenvalue weighted by molar-refractivity contribution is 6.22. The Kier molecular flexibility index (Phi) is 5.27. The van der Waals surface area contributed by atoms with Crippen LogP contribution in [0.5, 0.6) is 0 Å². The Labute approximate surface area is 156 Å². The molecule has 8 heteroatoms. The minimum Gasteiger partial charge on any atom is -0.481 e. The Balaban J connectivity index is 1.80. The molecule has 1 atom stereocenters. The summed E-state index contributed by atoms with van der Waals surface area (Å²) in [4.78, 5) is 49.9. The minimum atomic E-state index is -1.03. The van der Waals surface area contributed by atoms with Gasteiger partial charge in [0.05, 0.1) is 29.7 Å². The maximum Gasteiger partial charge on any atom is 0.305 e. The van der Waals surface area contributed by atoms with E-state index in [1.165, 1.54) is 23.1 Å². The van der Waals surface area contributed by atoms with E-state index in [9.17, 15) is 19.2 Å². The smallest absolute Gasteiger partial charge is 0.305 e. The molecule has 0 bridgehead atoms. The standard InChI is InChI=1S/C19H22N2O6/c1-2-3-7-21-17(25)13-5-4-12(9-14(13)18(21)26)16(24)20-19(10-15(22)23)6-8-27-11-19/h4-5,9H,2-3,6-8,10-11H2,1H3,(H,20,24)(H,22,23). The van der Waals surface area contributed by atoms with E-state index in [2.05, 4.69) is 5.32 Å². The summed E-state index contributed by atoms with van der Waals surface area (Å²) in [6.45, 7) is 2.82. The van der Waals surface area contributed by atoms with Crippen LogP contribution >= 0.6 is 0 Å². The maximum absolute atomic E-state index is 12.7. The topological polar surface area (TPSA) is 113 Å². The molecule has 27 heavy (non-hydrogen) atoms. The van der Waals surface area contributed by atoms with Gasteiger partial charge in [0.1, 0.15) is 0 Å². The third-order valence-corrected chi connectivity index (χ3v) is 4.94. The van der Waals surface area contributed by atoms with Gasteiger partial charge in [0.2, 0.25) is 0 Å². The van der Waals surface area contributed by atoms with Crippen molar-refractivity contribution in [3.63, 3.8) is 0 Å². The van der Waals surface area contributed by atoms with Gasteiger partial charge in [-0.1, -0.05) is 13.3 Å². The van der Waals surface area contributed by atoms with Gasteiger partial charge in [0.25, 0.3) is 17.7 Å². The summed E-state index contributed by atoms with van der Waals surface area (Å²) >= 11 is 0. The molecular formula is C19H22N2O6. The first-order valence-corrected chi connectivity index (χ1v) is 8.99. The molecule has 2 N–H and O–H groups in total. The van der Waals surface area contributed by atoms with E-state index in [4.69, 9.17) is 9.84 Å². The number of carboxylic acids is 1. The van der Waals surface area contributed by atoms with Crippen molar-refractivity contribution >= 4 is 23.7 Å². The minimum absolute atomic E-state index is 0.123. The van der Waals surface area contributed by atoms with Gasteiger partial charge in [0, 0.05) is 18.7 Å². The van der Waals surface area contributed by atoms with Crippen molar-refractivity contribution in [3.8, 4) is 0 Å². The molecule has 1 unspecified atom stereocenters. The van der Waals surface area contributed by atoms with Crippen LogP contribution < -0.4 is 5.32 Å². The van der Waals surface area contributed by atoms with Gasteiger partial charge in [-0.15, -0.1) is 0 Å². The zero-order chi connectivity index (χ0) is 19.6. The molecule has 0 spiro atoms. The summed E-state index contributed by atoms with van der Waals surface area (Å²) in [5.41, 5.74) is -0.255. The number of hydrogen-bond acceptors (Lipinski definition) is 5. The number of fused-ring (bicyclic) bond motifs is 1. The van der Waals surface area contributed by atoms with E-state index in [0.29, 0.717) is 19.6 Å². The first-order chi connectivity index (χ1) is 12.9. The van der Waals surface area contributed by atoms with Crippen molar-refractivity contribution in [3.05, 3.63) is 34.9 Å². The molecule has 8 nitrogen and oxygen atoms in total. The first kappa shape index (κ1) is 19.0. The van der Waals surface area contributed by atoms with Crippen LogP contribution in [0.4, 0.5) is 0 Å². The molecule has 3 amide bonds. The van der Waals surface area contributed by atoms with Crippen LogP contribution in [-0.4, -0.2) is 59.0 Å². The number of aliphatic carboxylic acids is 1. The number of amides is 3. The average molecular weight is 374 g/mol. The Hall–Kier alpha value is -2.74. The molecule has 144 valence electrons. The number of unbranched alkanes of at least 4 members (excludes halogenated alkanes) is 1. The van der Waals surface area contributed by atoms with Gasteiger partial charge < -0.3 is 15.2 Å². The lowest BCUT2D eigenvalue weighted by atomic mass is 9.93. The van der Waals surface area contributed by atoms with E-state index in [-0.39, 0.29) is 35.6 Å². The normalized spacial score (nSPS) is 21.4. The molecule has 1 saturated heterocycles. The van der Waals surface area contributed by atoms with E-state index < -0.39 is 23.3 Å². The van der Waals surface area contributed by atoms with Gasteiger partial charge in [-0.05, 0) is 31.0 Å². The summed E-state index contributed by atoms with van der Waals surface area (Å²) in [6, 6.07) is 4.36. The number of hydrogen-bond donors (Lipinski definition) is 2. The van der Waals surface area contributed by atoms with Crippen molar-refractivity contribution in [1.82, 2.24) is 10.2 Å². The summed E-state index contributed by atoms with van der Waals surface area (Å²) in [5, 5.41) is 11.9. The molecule has 0 aromatic heterocycles. The van der Waals surface area contributed by atoms with Gasteiger partial charge >= 0.3 is 5.97 Å². The highest BCUT2D eigenvalue weighted by Crippen LogP contribution is 2.26. The van der Waals surface area contributed by atoms with Crippen molar-refractivity contribution < 1.29 is 29.0 Å². The Morgan fingerprint density at radius 2 is 2.00 bits per heavy atom. The number of carboxylic acid groups (broad SMARTS) is 1. The fourth-order valence-electron chi connectivity index (χ4n) is 3.44. The third kappa shape index (κ3) is 3.71. The predicted molar refractivity (Wildman–Crippen MR) is 94.6 cm³/mol. The lowest BCUT2D eigenvalue weighted by Gasteiger charge is -2.27. The molecular weight excluding hydrogens is 352 g/mol. The van der Waals surface area contributed by atoms with Gasteiger partial charge in [0.15, 0.2) is 0 Å². The molecule has 2 aliphatic rings. The fraction of sp³-hybridized carbons (Fsp3) is 0.474. The third-order valence-electron chi connectivity index (χ3n) is 4.94. The summed E-state index contributed by atoms with van der Waals surface area (Å²) in [5.74, 6) is -2.26. The number of rotatable bonds is 7. The number of nitrogens with one attached hydrogen (secondary N) is 1. The summed E-state index contributed by atoms with van der Waals surface area (Å²) in [6.07, 6.45) is 1.73. The lowest BCUT2D eigenvalue weighted by molar-refractivity contribution is -0.138. The van der Waals surface area contributed by atoms with Gasteiger partial charge in [-0.3, -0.25) is 24.1 Å². The molecule has 2 aliphatic heterocycles. The molecule has 0 saturated carbocycles. The second-order valence-corrected chi connectivity index (χ2v) is 6.98. The van der Waals surface area contributed by atoms with Crippen LogP contribution in [0.15, 0.2) is 18.2 Å². The second-order valence-electron chi connectivity index (χ2n) is 6.98. The number of nitrogens with zero attached hydrogens (tertiary/aromatic N) is 1. The molecule has 2 heterocycles. The van der Waals surface area contributed by atoms with Crippen molar-refractivity contribution in [1.29, 1.82) is 0 Å². The van der Waals surface area contributed by atoms with Crippen LogP contribution in [0.1, 0.15) is 63.7 Å². The number of ether oxygens (including phenoxy) is 1. The lowest BCUT2D eigenvalue weighted by Crippen LogP contribution is -2.50. The number of carbonyl (C=O) groups is 4. The molecule has 1 aromatic rings. The monoisotopic (exact) mass is 374 g/mol. The average Bonchev–Trinajstić information content (AvgIpc) is 3.16. The largest absolute Gasteiger partial charge is 0.481 e. The summed E-state index contributed by atoms with van der Waals surface area (Å²) in [7, 11) is 0. The van der Waals surface area contributed by atoms with Crippen LogP contribution in [0.25, 0.3) is 0 Å². The van der Waals surface area contributed by atoms with E-state index in [1.807, 2.05) is 6.92 Å². The second kappa shape index (κ2) is 7.48. The first-order valence-electron chi connectivity index (χ1n) is 8.99. The van der Waals surface area contributed by atoms with Crippen LogP contribution in [0, 0.1) is 0 Å². The molecule has 0 radical (unpaired) electrons. The Bertz CT molecular complexity index is 797. The van der Waals surface area contributed by atoms with Crippen molar-refractivity contribution in [2.24, 2.45) is 0 Å². The van der Waals surface area contributed by atoms with Crippen molar-refractivity contribution in [2.45, 2.75) is 38.1 Å². The van der Waals surface area contributed by atoms with Gasteiger partial charge in [-0.2, -0.15) is 0 Å². The predicted octanol–water partition coefficient (Wildman–Crippen LogP) is 1.45. The number of imide groups is 1. The molecule has 3 rings (SSSR count). The van der Waals surface area contributed by atoms with E-state index in [1.54, 1.807) is 0 Å². The highest BCUT2D eigenvalue weighted by Gasteiger charge is 2.40.